The SMILES string of the molecule is O=C(/C=C/c1ccc(Cl)c(Cl)c1)c1ccc(C2CCCCC2)cc1. The number of benzene rings is 2. The van der Waals surface area contributed by atoms with Gasteiger partial charge >= 0.3 is 0 Å². The molecule has 3 heteroatoms. The van der Waals surface area contributed by atoms with Crippen LogP contribution >= 0.6 is 23.2 Å². The van der Waals surface area contributed by atoms with Crippen molar-refractivity contribution >= 4 is 35.1 Å². The lowest BCUT2D eigenvalue weighted by molar-refractivity contribution is 0.104. The molecule has 1 nitrogen and oxygen atoms in total. The number of carbonyl (C=O) groups excluding carboxylic acids is 1. The highest BCUT2D eigenvalue weighted by Crippen LogP contribution is 2.32. The first-order valence-corrected chi connectivity index (χ1v) is 9.16. The maximum Gasteiger partial charge on any atom is 0.185 e. The summed E-state index contributed by atoms with van der Waals surface area (Å²) in [6.07, 6.45) is 9.87. The summed E-state index contributed by atoms with van der Waals surface area (Å²) in [6.45, 7) is 0. The summed E-state index contributed by atoms with van der Waals surface area (Å²) in [4.78, 5) is 12.3. The molecule has 0 bridgehead atoms. The zero-order valence-electron chi connectivity index (χ0n) is 13.5. The molecule has 0 atom stereocenters. The number of hydrogen-bond acceptors (Lipinski definition) is 1. The molecule has 2 aromatic carbocycles. The van der Waals surface area contributed by atoms with Gasteiger partial charge in [-0.3, -0.25) is 4.79 Å². The molecule has 0 heterocycles. The van der Waals surface area contributed by atoms with Crippen molar-refractivity contribution in [3.05, 3.63) is 75.3 Å². The van der Waals surface area contributed by atoms with E-state index in [0.29, 0.717) is 21.5 Å². The zero-order valence-corrected chi connectivity index (χ0v) is 15.0. The Kier molecular flexibility index (Phi) is 5.76. The van der Waals surface area contributed by atoms with Gasteiger partial charge in [0.15, 0.2) is 5.78 Å². The Hall–Kier alpha value is -1.57. The summed E-state index contributed by atoms with van der Waals surface area (Å²) in [5, 5.41) is 1.00. The molecule has 124 valence electrons. The first-order valence-electron chi connectivity index (χ1n) is 8.41. The molecule has 0 unspecified atom stereocenters. The van der Waals surface area contributed by atoms with Crippen molar-refractivity contribution in [3.63, 3.8) is 0 Å². The maximum absolute atomic E-state index is 12.3. The smallest absolute Gasteiger partial charge is 0.185 e. The number of hydrogen-bond donors (Lipinski definition) is 0. The fourth-order valence-corrected chi connectivity index (χ4v) is 3.55. The minimum Gasteiger partial charge on any atom is -0.289 e. The maximum atomic E-state index is 12.3. The molecular formula is C21H20Cl2O. The Bertz CT molecular complexity index is 741. The summed E-state index contributed by atoms with van der Waals surface area (Å²) in [7, 11) is 0. The molecule has 2 aromatic rings. The van der Waals surface area contributed by atoms with E-state index in [-0.39, 0.29) is 5.78 Å². The Balaban J connectivity index is 1.68. The van der Waals surface area contributed by atoms with E-state index in [9.17, 15) is 4.79 Å². The van der Waals surface area contributed by atoms with Crippen LogP contribution in [0.4, 0.5) is 0 Å². The van der Waals surface area contributed by atoms with Crippen LogP contribution in [-0.2, 0) is 0 Å². The fraction of sp³-hybridized carbons (Fsp3) is 0.286. The van der Waals surface area contributed by atoms with Gasteiger partial charge in [-0.2, -0.15) is 0 Å². The molecule has 0 amide bonds. The molecule has 1 saturated carbocycles. The monoisotopic (exact) mass is 358 g/mol. The van der Waals surface area contributed by atoms with Crippen LogP contribution in [0.15, 0.2) is 48.5 Å². The van der Waals surface area contributed by atoms with E-state index >= 15 is 0 Å². The molecule has 0 radical (unpaired) electrons. The third kappa shape index (κ3) is 4.28. The van der Waals surface area contributed by atoms with Crippen molar-refractivity contribution in [2.75, 3.05) is 0 Å². The van der Waals surface area contributed by atoms with Crippen LogP contribution in [0.1, 0.15) is 59.5 Å². The van der Waals surface area contributed by atoms with E-state index < -0.39 is 0 Å². The van der Waals surface area contributed by atoms with E-state index in [1.165, 1.54) is 37.7 Å². The van der Waals surface area contributed by atoms with Gasteiger partial charge in [0.2, 0.25) is 0 Å². The number of rotatable bonds is 4. The number of allylic oxidation sites excluding steroid dienone is 1. The molecular weight excluding hydrogens is 339 g/mol. The lowest BCUT2D eigenvalue weighted by Crippen LogP contribution is -2.04. The van der Waals surface area contributed by atoms with Gasteiger partial charge in [-0.25, -0.2) is 0 Å². The van der Waals surface area contributed by atoms with Crippen molar-refractivity contribution in [1.29, 1.82) is 0 Å². The van der Waals surface area contributed by atoms with Crippen molar-refractivity contribution in [2.24, 2.45) is 0 Å². The van der Waals surface area contributed by atoms with Crippen molar-refractivity contribution < 1.29 is 4.79 Å². The average Bonchev–Trinajstić information content (AvgIpc) is 2.63. The highest BCUT2D eigenvalue weighted by Gasteiger charge is 2.15. The highest BCUT2D eigenvalue weighted by atomic mass is 35.5. The van der Waals surface area contributed by atoms with Gasteiger partial charge in [-0.15, -0.1) is 0 Å². The lowest BCUT2D eigenvalue weighted by atomic mass is 9.84. The second-order valence-corrected chi connectivity index (χ2v) is 7.14. The Morgan fingerprint density at radius 3 is 2.29 bits per heavy atom. The molecule has 0 spiro atoms. The highest BCUT2D eigenvalue weighted by molar-refractivity contribution is 6.42. The lowest BCUT2D eigenvalue weighted by Gasteiger charge is -2.21. The van der Waals surface area contributed by atoms with E-state index in [1.807, 2.05) is 18.2 Å². The Morgan fingerprint density at radius 1 is 0.917 bits per heavy atom. The predicted molar refractivity (Wildman–Crippen MR) is 102 cm³/mol. The third-order valence-electron chi connectivity index (χ3n) is 4.64. The van der Waals surface area contributed by atoms with Gasteiger partial charge in [0, 0.05) is 5.56 Å². The zero-order chi connectivity index (χ0) is 16.9. The summed E-state index contributed by atoms with van der Waals surface area (Å²) in [5.74, 6) is 0.658. The fourth-order valence-electron chi connectivity index (χ4n) is 3.24. The number of halogens is 2. The molecule has 3 rings (SSSR count). The molecule has 1 fully saturated rings. The van der Waals surface area contributed by atoms with Gasteiger partial charge in [0.05, 0.1) is 10.0 Å². The molecule has 1 aliphatic rings. The minimum atomic E-state index is -0.00346. The van der Waals surface area contributed by atoms with E-state index in [0.717, 1.165) is 5.56 Å². The summed E-state index contributed by atoms with van der Waals surface area (Å²) < 4.78 is 0. The van der Waals surface area contributed by atoms with Gasteiger partial charge in [-0.1, -0.05) is 78.9 Å². The largest absolute Gasteiger partial charge is 0.289 e. The van der Waals surface area contributed by atoms with Crippen molar-refractivity contribution in [2.45, 2.75) is 38.0 Å². The van der Waals surface area contributed by atoms with E-state index in [4.69, 9.17) is 23.2 Å². The summed E-state index contributed by atoms with van der Waals surface area (Å²) >= 11 is 11.9. The quantitative estimate of drug-likeness (QED) is 0.427. The standard InChI is InChI=1S/C21H20Cl2O/c22-19-12-6-15(14-20(19)23)7-13-21(24)18-10-8-17(9-11-18)16-4-2-1-3-5-16/h6-14,16H,1-5H2/b13-7+. The van der Waals surface area contributed by atoms with Crippen LogP contribution in [0.5, 0.6) is 0 Å². The van der Waals surface area contributed by atoms with Crippen LogP contribution in [0.2, 0.25) is 10.0 Å². The van der Waals surface area contributed by atoms with Crippen LogP contribution in [0.3, 0.4) is 0 Å². The van der Waals surface area contributed by atoms with Crippen LogP contribution in [-0.4, -0.2) is 5.78 Å². The topological polar surface area (TPSA) is 17.1 Å². The van der Waals surface area contributed by atoms with Gasteiger partial charge in [0.1, 0.15) is 0 Å². The molecule has 0 saturated heterocycles. The molecule has 0 aliphatic heterocycles. The van der Waals surface area contributed by atoms with E-state index in [2.05, 4.69) is 12.1 Å². The van der Waals surface area contributed by atoms with Gasteiger partial charge in [-0.05, 0) is 48.1 Å². The summed E-state index contributed by atoms with van der Waals surface area (Å²) in [5.41, 5.74) is 2.93. The Labute approximate surface area is 153 Å². The van der Waals surface area contributed by atoms with Gasteiger partial charge in [0.25, 0.3) is 0 Å². The first kappa shape index (κ1) is 17.3. The number of carbonyl (C=O) groups is 1. The first-order chi connectivity index (χ1) is 11.6. The second kappa shape index (κ2) is 8.00. The molecule has 24 heavy (non-hydrogen) atoms. The summed E-state index contributed by atoms with van der Waals surface area (Å²) in [6, 6.07) is 13.4. The Morgan fingerprint density at radius 2 is 1.62 bits per heavy atom. The van der Waals surface area contributed by atoms with Crippen molar-refractivity contribution in [3.8, 4) is 0 Å². The molecule has 1 aliphatic carbocycles. The average molecular weight is 359 g/mol. The van der Waals surface area contributed by atoms with Crippen LogP contribution < -0.4 is 0 Å². The minimum absolute atomic E-state index is 0.00346. The van der Waals surface area contributed by atoms with Crippen LogP contribution in [0, 0.1) is 0 Å². The number of ketones is 1. The van der Waals surface area contributed by atoms with E-state index in [1.54, 1.807) is 24.3 Å². The van der Waals surface area contributed by atoms with Crippen LogP contribution in [0.25, 0.3) is 6.08 Å². The van der Waals surface area contributed by atoms with Crippen molar-refractivity contribution in [1.82, 2.24) is 0 Å². The molecule has 0 aromatic heterocycles. The molecule has 0 N–H and O–H groups in total. The third-order valence-corrected chi connectivity index (χ3v) is 5.38. The predicted octanol–water partition coefficient (Wildman–Crippen LogP) is 6.94. The normalized spacial score (nSPS) is 15.8. The second-order valence-electron chi connectivity index (χ2n) is 6.33. The van der Waals surface area contributed by atoms with Gasteiger partial charge < -0.3 is 0 Å².